The third kappa shape index (κ3) is 5.07. The molecule has 0 aliphatic heterocycles. The van der Waals surface area contributed by atoms with Crippen LogP contribution in [0.3, 0.4) is 0 Å². The molecule has 10 aromatic rings. The lowest BCUT2D eigenvalue weighted by molar-refractivity contribution is 0.769. The predicted octanol–water partition coefficient (Wildman–Crippen LogP) is 12.5. The van der Waals surface area contributed by atoms with Crippen LogP contribution in [-0.2, 0) is 19.5 Å². The third-order valence-electron chi connectivity index (χ3n) is 12.1. The minimum atomic E-state index is -0.529. The Hall–Kier alpha value is -7.30. The van der Waals surface area contributed by atoms with Gasteiger partial charge in [-0.25, -0.2) is 9.97 Å². The van der Waals surface area contributed by atoms with Crippen LogP contribution < -0.4 is 0 Å². The average Bonchev–Trinajstić information content (AvgIpc) is 3.91. The Morgan fingerprint density at radius 1 is 0.351 bits per heavy atom. The molecule has 0 bridgehead atoms. The molecule has 0 N–H and O–H groups in total. The molecule has 0 unspecified atom stereocenters. The van der Waals surface area contributed by atoms with Crippen molar-refractivity contribution in [3.63, 3.8) is 0 Å². The Bertz CT molecular complexity index is 2900. The maximum absolute atomic E-state index is 4.96. The Balaban J connectivity index is 1.04. The molecule has 270 valence electrons. The average molecular weight is 731 g/mol. The summed E-state index contributed by atoms with van der Waals surface area (Å²) in [5, 5.41) is 0. The van der Waals surface area contributed by atoms with Gasteiger partial charge in [0.2, 0.25) is 0 Å². The number of nitrogens with zero attached hydrogens (tertiary/aromatic N) is 4. The van der Waals surface area contributed by atoms with Gasteiger partial charge in [-0.05, 0) is 92.0 Å². The van der Waals surface area contributed by atoms with Gasteiger partial charge in [0.15, 0.2) is 0 Å². The molecule has 0 amide bonds. The number of fused-ring (bicyclic) bond motifs is 5. The predicted molar refractivity (Wildman–Crippen MR) is 234 cm³/mol. The van der Waals surface area contributed by atoms with Gasteiger partial charge < -0.3 is 9.13 Å². The van der Waals surface area contributed by atoms with E-state index < -0.39 is 5.41 Å². The van der Waals surface area contributed by atoms with Gasteiger partial charge in [-0.15, -0.1) is 0 Å². The van der Waals surface area contributed by atoms with Crippen LogP contribution in [0.15, 0.2) is 194 Å². The van der Waals surface area contributed by atoms with Crippen molar-refractivity contribution in [3.05, 3.63) is 216 Å². The van der Waals surface area contributed by atoms with E-state index in [0.717, 1.165) is 44.8 Å². The van der Waals surface area contributed by atoms with Gasteiger partial charge >= 0.3 is 0 Å². The first-order chi connectivity index (χ1) is 28.1. The lowest BCUT2D eigenvalue weighted by Gasteiger charge is -2.34. The molecule has 0 saturated heterocycles. The summed E-state index contributed by atoms with van der Waals surface area (Å²) in [5.74, 6) is 1.94. The fourth-order valence-corrected chi connectivity index (χ4v) is 9.28. The third-order valence-corrected chi connectivity index (χ3v) is 12.1. The lowest BCUT2D eigenvalue weighted by atomic mass is 9.67. The lowest BCUT2D eigenvalue weighted by Crippen LogP contribution is -2.28. The topological polar surface area (TPSA) is 35.6 Å². The summed E-state index contributed by atoms with van der Waals surface area (Å²) in [7, 11) is 4.18. The number of rotatable bonds is 6. The van der Waals surface area contributed by atoms with E-state index in [1.165, 1.54) is 55.6 Å². The molecule has 0 saturated carbocycles. The molecule has 1 aliphatic carbocycles. The molecule has 4 nitrogen and oxygen atoms in total. The van der Waals surface area contributed by atoms with Crippen LogP contribution in [0.1, 0.15) is 22.3 Å². The zero-order valence-electron chi connectivity index (χ0n) is 31.8. The van der Waals surface area contributed by atoms with Crippen molar-refractivity contribution in [2.75, 3.05) is 0 Å². The fraction of sp³-hybridized carbons (Fsp3) is 0.0566. The van der Waals surface area contributed by atoms with Crippen molar-refractivity contribution in [1.29, 1.82) is 0 Å². The van der Waals surface area contributed by atoms with Crippen molar-refractivity contribution in [1.82, 2.24) is 19.1 Å². The number of aryl methyl sites for hydroxylation is 2. The molecule has 2 aromatic heterocycles. The number of hydrogen-bond acceptors (Lipinski definition) is 2. The molecule has 0 spiro atoms. The molecule has 1 aliphatic rings. The van der Waals surface area contributed by atoms with Gasteiger partial charge in [-0.1, -0.05) is 158 Å². The van der Waals surface area contributed by atoms with Gasteiger partial charge in [-0.2, -0.15) is 0 Å². The number of para-hydroxylation sites is 4. The molecule has 0 radical (unpaired) electrons. The minimum Gasteiger partial charge on any atom is -0.327 e. The van der Waals surface area contributed by atoms with Gasteiger partial charge in [0.25, 0.3) is 0 Å². The van der Waals surface area contributed by atoms with E-state index >= 15 is 0 Å². The highest BCUT2D eigenvalue weighted by Crippen LogP contribution is 2.57. The second-order valence-electron chi connectivity index (χ2n) is 15.1. The molecule has 11 rings (SSSR count). The van der Waals surface area contributed by atoms with Crippen LogP contribution in [0.5, 0.6) is 0 Å². The fourth-order valence-electron chi connectivity index (χ4n) is 9.28. The molecular weight excluding hydrogens is 693 g/mol. The highest BCUT2D eigenvalue weighted by atomic mass is 15.1. The number of benzene rings is 8. The van der Waals surface area contributed by atoms with Crippen molar-refractivity contribution < 1.29 is 0 Å². The van der Waals surface area contributed by atoms with E-state index in [9.17, 15) is 0 Å². The normalized spacial score (nSPS) is 12.9. The van der Waals surface area contributed by atoms with Crippen LogP contribution in [0.2, 0.25) is 0 Å². The molecule has 2 heterocycles. The van der Waals surface area contributed by atoms with Gasteiger partial charge in [-0.3, -0.25) is 0 Å². The highest BCUT2D eigenvalue weighted by Gasteiger charge is 2.46. The first kappa shape index (κ1) is 33.1. The monoisotopic (exact) mass is 730 g/mol. The molecule has 0 fully saturated rings. The van der Waals surface area contributed by atoms with Crippen molar-refractivity contribution >= 4 is 22.1 Å². The van der Waals surface area contributed by atoms with Gasteiger partial charge in [0.05, 0.1) is 27.5 Å². The summed E-state index contributed by atoms with van der Waals surface area (Å²) >= 11 is 0. The summed E-state index contributed by atoms with van der Waals surface area (Å²) in [5.41, 5.74) is 18.3. The molecular formula is C53H38N4. The zero-order valence-corrected chi connectivity index (χ0v) is 31.8. The Morgan fingerprint density at radius 3 is 1.11 bits per heavy atom. The van der Waals surface area contributed by atoms with E-state index in [1.54, 1.807) is 0 Å². The molecule has 0 atom stereocenters. The first-order valence-corrected chi connectivity index (χ1v) is 19.5. The smallest absolute Gasteiger partial charge is 0.140 e. The summed E-state index contributed by atoms with van der Waals surface area (Å²) in [4.78, 5) is 9.92. The SMILES string of the molecule is Cn1c(-c2ccc(-c3ccc4c(c3)C(c3ccccc3)(c3ccccc3)c3cc(-c5ccc(-c6nc7ccccc7n6C)cc5)ccc3-4)cc2)nc2ccccc21. The summed E-state index contributed by atoms with van der Waals surface area (Å²) in [6, 6.07) is 70.6. The highest BCUT2D eigenvalue weighted by molar-refractivity contribution is 5.91. The van der Waals surface area contributed by atoms with E-state index in [1.807, 2.05) is 12.1 Å². The maximum atomic E-state index is 4.96. The molecule has 8 aromatic carbocycles. The van der Waals surface area contributed by atoms with Crippen LogP contribution in [0.4, 0.5) is 0 Å². The van der Waals surface area contributed by atoms with Gasteiger partial charge in [0.1, 0.15) is 11.6 Å². The van der Waals surface area contributed by atoms with Crippen molar-refractivity contribution in [2.24, 2.45) is 14.1 Å². The Labute approximate surface area is 332 Å². The number of hydrogen-bond donors (Lipinski definition) is 0. The summed E-state index contributed by atoms with van der Waals surface area (Å²) < 4.78 is 4.35. The number of aromatic nitrogens is 4. The minimum absolute atomic E-state index is 0.529. The van der Waals surface area contributed by atoms with E-state index in [2.05, 4.69) is 205 Å². The van der Waals surface area contributed by atoms with E-state index in [4.69, 9.17) is 9.97 Å². The van der Waals surface area contributed by atoms with E-state index in [0.29, 0.717) is 0 Å². The van der Waals surface area contributed by atoms with Crippen molar-refractivity contribution in [2.45, 2.75) is 5.41 Å². The zero-order chi connectivity index (χ0) is 38.1. The van der Waals surface area contributed by atoms with Crippen LogP contribution in [0, 0.1) is 0 Å². The molecule has 57 heavy (non-hydrogen) atoms. The van der Waals surface area contributed by atoms with Crippen LogP contribution in [0.25, 0.3) is 78.2 Å². The van der Waals surface area contributed by atoms with Gasteiger partial charge in [0, 0.05) is 25.2 Å². The summed E-state index contributed by atoms with van der Waals surface area (Å²) in [6.45, 7) is 0. The second-order valence-corrected chi connectivity index (χ2v) is 15.1. The van der Waals surface area contributed by atoms with E-state index in [-0.39, 0.29) is 0 Å². The largest absolute Gasteiger partial charge is 0.327 e. The van der Waals surface area contributed by atoms with Crippen LogP contribution >= 0.6 is 0 Å². The molecule has 4 heteroatoms. The first-order valence-electron chi connectivity index (χ1n) is 19.5. The Kier molecular flexibility index (Phi) is 7.48. The summed E-state index contributed by atoms with van der Waals surface area (Å²) in [6.07, 6.45) is 0. The standard InChI is InChI=1S/C53H38N4/c1-56-49-19-11-9-17-47(49)54-51(56)37-25-21-35(22-26-37)39-29-31-43-44-32-30-40(36-23-27-38(28-24-36)52-55-48-18-10-12-20-50(48)57(52)2)34-46(44)53(45(43)33-39,41-13-5-3-6-14-41)42-15-7-4-8-16-42/h3-34H,1-2H3. The van der Waals surface area contributed by atoms with Crippen molar-refractivity contribution in [3.8, 4) is 56.2 Å². The number of imidazole rings is 2. The second kappa shape index (κ2) is 12.9. The quantitative estimate of drug-likeness (QED) is 0.171. The Morgan fingerprint density at radius 2 is 0.702 bits per heavy atom. The maximum Gasteiger partial charge on any atom is 0.140 e. The van der Waals surface area contributed by atoms with Crippen LogP contribution in [-0.4, -0.2) is 19.1 Å².